The molecule has 168 valence electrons. The molecule has 0 spiro atoms. The third kappa shape index (κ3) is 7.63. The summed E-state index contributed by atoms with van der Waals surface area (Å²) in [4.78, 5) is 19.0. The SMILES string of the molecule is CN=C(NCCCCOc1ccc(C)cc1)NC1CCN(C(=O)C2CCCC2)C1.I. The highest BCUT2D eigenvalue weighted by Crippen LogP contribution is 2.27. The van der Waals surface area contributed by atoms with Gasteiger partial charge in [-0.3, -0.25) is 9.79 Å². The quantitative estimate of drug-likeness (QED) is 0.234. The van der Waals surface area contributed by atoms with Crippen LogP contribution in [0.4, 0.5) is 0 Å². The van der Waals surface area contributed by atoms with Crippen LogP contribution in [0.3, 0.4) is 0 Å². The van der Waals surface area contributed by atoms with Crippen LogP contribution in [0.15, 0.2) is 29.3 Å². The van der Waals surface area contributed by atoms with Gasteiger partial charge >= 0.3 is 0 Å². The van der Waals surface area contributed by atoms with E-state index in [0.717, 1.165) is 70.1 Å². The number of carbonyl (C=O) groups is 1. The molecule has 1 heterocycles. The normalized spacial score (nSPS) is 19.5. The van der Waals surface area contributed by atoms with Crippen LogP contribution in [0.2, 0.25) is 0 Å². The fourth-order valence-corrected chi connectivity index (χ4v) is 4.16. The number of likely N-dealkylation sites (tertiary alicyclic amines) is 1. The molecule has 1 aromatic carbocycles. The molecule has 2 fully saturated rings. The molecule has 2 N–H and O–H groups in total. The van der Waals surface area contributed by atoms with Crippen LogP contribution in [-0.4, -0.2) is 56.1 Å². The molecule has 1 atom stereocenters. The summed E-state index contributed by atoms with van der Waals surface area (Å²) in [7, 11) is 1.80. The Kier molecular flexibility index (Phi) is 10.7. The minimum absolute atomic E-state index is 0. The molecule has 6 nitrogen and oxygen atoms in total. The lowest BCUT2D eigenvalue weighted by Gasteiger charge is -2.21. The first kappa shape index (κ1) is 24.8. The highest BCUT2D eigenvalue weighted by Gasteiger charge is 2.32. The van der Waals surface area contributed by atoms with Gasteiger partial charge in [0.1, 0.15) is 5.75 Å². The number of nitrogens with one attached hydrogen (secondary N) is 2. The monoisotopic (exact) mass is 528 g/mol. The molecule has 1 amide bonds. The number of benzene rings is 1. The van der Waals surface area contributed by atoms with Crippen LogP contribution in [0.25, 0.3) is 0 Å². The summed E-state index contributed by atoms with van der Waals surface area (Å²) in [5.41, 5.74) is 1.24. The number of ether oxygens (including phenoxy) is 1. The van der Waals surface area contributed by atoms with Crippen molar-refractivity contribution >= 4 is 35.8 Å². The largest absolute Gasteiger partial charge is 0.494 e. The summed E-state index contributed by atoms with van der Waals surface area (Å²) in [6.45, 7) is 5.31. The highest BCUT2D eigenvalue weighted by molar-refractivity contribution is 14.0. The van der Waals surface area contributed by atoms with Gasteiger partial charge in [-0.25, -0.2) is 0 Å². The van der Waals surface area contributed by atoms with E-state index in [9.17, 15) is 4.79 Å². The molecule has 7 heteroatoms. The minimum Gasteiger partial charge on any atom is -0.494 e. The predicted molar refractivity (Wildman–Crippen MR) is 133 cm³/mol. The van der Waals surface area contributed by atoms with E-state index in [1.165, 1.54) is 18.4 Å². The number of halogens is 1. The van der Waals surface area contributed by atoms with Crippen molar-refractivity contribution in [2.24, 2.45) is 10.9 Å². The number of nitrogens with zero attached hydrogens (tertiary/aromatic N) is 2. The Morgan fingerprint density at radius 3 is 2.60 bits per heavy atom. The molecule has 30 heavy (non-hydrogen) atoms. The second-order valence-corrected chi connectivity index (χ2v) is 8.26. The fraction of sp³-hybridized carbons (Fsp3) is 0.652. The van der Waals surface area contributed by atoms with Crippen LogP contribution in [0.5, 0.6) is 5.75 Å². The zero-order chi connectivity index (χ0) is 20.5. The predicted octanol–water partition coefficient (Wildman–Crippen LogP) is 3.73. The maximum Gasteiger partial charge on any atom is 0.225 e. The van der Waals surface area contributed by atoms with Crippen molar-refractivity contribution < 1.29 is 9.53 Å². The summed E-state index contributed by atoms with van der Waals surface area (Å²) in [6, 6.07) is 8.45. The van der Waals surface area contributed by atoms with Gasteiger partial charge in [0.15, 0.2) is 5.96 Å². The van der Waals surface area contributed by atoms with E-state index in [-0.39, 0.29) is 35.9 Å². The molecule has 1 aliphatic heterocycles. The topological polar surface area (TPSA) is 66.0 Å². The molecule has 3 rings (SSSR count). The maximum atomic E-state index is 12.6. The number of carbonyl (C=O) groups excluding carboxylic acids is 1. The Hall–Kier alpha value is -1.51. The lowest BCUT2D eigenvalue weighted by atomic mass is 10.1. The van der Waals surface area contributed by atoms with Gasteiger partial charge in [-0.1, -0.05) is 30.5 Å². The maximum absolute atomic E-state index is 12.6. The van der Waals surface area contributed by atoms with E-state index in [1.807, 2.05) is 17.0 Å². The summed E-state index contributed by atoms with van der Waals surface area (Å²) in [5, 5.41) is 6.86. The van der Waals surface area contributed by atoms with E-state index in [2.05, 4.69) is 34.7 Å². The van der Waals surface area contributed by atoms with E-state index in [1.54, 1.807) is 7.05 Å². The van der Waals surface area contributed by atoms with Crippen LogP contribution in [0.1, 0.15) is 50.5 Å². The summed E-state index contributed by atoms with van der Waals surface area (Å²) in [6.07, 6.45) is 7.56. The summed E-state index contributed by atoms with van der Waals surface area (Å²) < 4.78 is 5.77. The van der Waals surface area contributed by atoms with Crippen molar-refractivity contribution in [1.29, 1.82) is 0 Å². The molecule has 0 aromatic heterocycles. The highest BCUT2D eigenvalue weighted by atomic mass is 127. The lowest BCUT2D eigenvalue weighted by Crippen LogP contribution is -2.45. The zero-order valence-electron chi connectivity index (χ0n) is 18.4. The molecule has 1 aliphatic carbocycles. The first-order valence-corrected chi connectivity index (χ1v) is 11.1. The van der Waals surface area contributed by atoms with Gasteiger partial charge in [0, 0.05) is 38.6 Å². The number of unbranched alkanes of at least 4 members (excludes halogenated alkanes) is 1. The van der Waals surface area contributed by atoms with Crippen molar-refractivity contribution in [1.82, 2.24) is 15.5 Å². The van der Waals surface area contributed by atoms with Crippen molar-refractivity contribution in [2.45, 2.75) is 57.9 Å². The van der Waals surface area contributed by atoms with Gasteiger partial charge in [0.25, 0.3) is 0 Å². The van der Waals surface area contributed by atoms with Crippen molar-refractivity contribution in [3.05, 3.63) is 29.8 Å². The number of aliphatic imine (C=N–C) groups is 1. The first-order valence-electron chi connectivity index (χ1n) is 11.1. The molecule has 1 aromatic rings. The smallest absolute Gasteiger partial charge is 0.225 e. The summed E-state index contributed by atoms with van der Waals surface area (Å²) in [5.74, 6) is 2.39. The van der Waals surface area contributed by atoms with Crippen LogP contribution < -0.4 is 15.4 Å². The Morgan fingerprint density at radius 2 is 1.90 bits per heavy atom. The standard InChI is InChI=1S/C23H36N4O2.HI/c1-18-9-11-21(12-10-18)29-16-6-5-14-25-23(24-2)26-20-13-15-27(17-20)22(28)19-7-3-4-8-19;/h9-12,19-20H,3-8,13-17H2,1-2H3,(H2,24,25,26);1H. The second kappa shape index (κ2) is 13.0. The number of guanidine groups is 1. The average molecular weight is 528 g/mol. The van der Waals surface area contributed by atoms with Gasteiger partial charge in [-0.05, 0) is 51.2 Å². The number of amides is 1. The van der Waals surface area contributed by atoms with Gasteiger partial charge in [0.05, 0.1) is 6.61 Å². The molecule has 1 saturated carbocycles. The molecular formula is C23H37IN4O2. The summed E-state index contributed by atoms with van der Waals surface area (Å²) >= 11 is 0. The lowest BCUT2D eigenvalue weighted by molar-refractivity contribution is -0.134. The van der Waals surface area contributed by atoms with Gasteiger partial charge in [-0.15, -0.1) is 24.0 Å². The van der Waals surface area contributed by atoms with Crippen molar-refractivity contribution in [3.8, 4) is 5.75 Å². The van der Waals surface area contributed by atoms with Crippen LogP contribution in [-0.2, 0) is 4.79 Å². The minimum atomic E-state index is 0. The fourth-order valence-electron chi connectivity index (χ4n) is 4.16. The number of hydrogen-bond donors (Lipinski definition) is 2. The Balaban J connectivity index is 0.00000320. The number of aryl methyl sites for hydroxylation is 1. The average Bonchev–Trinajstić information content (AvgIpc) is 3.43. The molecule has 2 aliphatic rings. The van der Waals surface area contributed by atoms with E-state index in [4.69, 9.17) is 4.74 Å². The van der Waals surface area contributed by atoms with Gasteiger partial charge in [0.2, 0.25) is 5.91 Å². The Morgan fingerprint density at radius 1 is 1.17 bits per heavy atom. The van der Waals surface area contributed by atoms with Gasteiger partial charge in [-0.2, -0.15) is 0 Å². The Bertz CT molecular complexity index is 674. The zero-order valence-corrected chi connectivity index (χ0v) is 20.7. The van der Waals surface area contributed by atoms with Crippen LogP contribution in [0, 0.1) is 12.8 Å². The van der Waals surface area contributed by atoms with Gasteiger partial charge < -0.3 is 20.3 Å². The number of rotatable bonds is 8. The molecule has 1 saturated heterocycles. The number of hydrogen-bond acceptors (Lipinski definition) is 3. The van der Waals surface area contributed by atoms with Crippen LogP contribution >= 0.6 is 24.0 Å². The molecule has 0 radical (unpaired) electrons. The van der Waals surface area contributed by atoms with Crippen molar-refractivity contribution in [2.75, 3.05) is 33.3 Å². The van der Waals surface area contributed by atoms with Crippen molar-refractivity contribution in [3.63, 3.8) is 0 Å². The molecule has 0 bridgehead atoms. The Labute approximate surface area is 198 Å². The second-order valence-electron chi connectivity index (χ2n) is 8.26. The van der Waals surface area contributed by atoms with E-state index < -0.39 is 0 Å². The molecular weight excluding hydrogens is 491 g/mol. The first-order chi connectivity index (χ1) is 14.2. The molecule has 1 unspecified atom stereocenters. The van der Waals surface area contributed by atoms with E-state index >= 15 is 0 Å². The third-order valence-electron chi connectivity index (χ3n) is 5.92. The van der Waals surface area contributed by atoms with E-state index in [0.29, 0.717) is 5.91 Å². The third-order valence-corrected chi connectivity index (χ3v) is 5.92.